The lowest BCUT2D eigenvalue weighted by atomic mass is 9.97. The number of hydrogen-bond donors (Lipinski definition) is 3. The smallest absolute Gasteiger partial charge is 0.416 e. The molecule has 1 amide bonds. The van der Waals surface area contributed by atoms with E-state index in [9.17, 15) is 31.5 Å². The van der Waals surface area contributed by atoms with Gasteiger partial charge in [0.05, 0.1) is 30.2 Å². The van der Waals surface area contributed by atoms with Gasteiger partial charge in [0.1, 0.15) is 0 Å². The maximum Gasteiger partial charge on any atom is 0.416 e. The molecule has 3 N–H and O–H groups in total. The van der Waals surface area contributed by atoms with Crippen LogP contribution in [0.25, 0.3) is 11.3 Å². The largest absolute Gasteiger partial charge is 0.465 e. The van der Waals surface area contributed by atoms with Crippen LogP contribution < -0.4 is 5.32 Å². The minimum absolute atomic E-state index is 0.00451. The van der Waals surface area contributed by atoms with Gasteiger partial charge < -0.3 is 20.4 Å². The van der Waals surface area contributed by atoms with Gasteiger partial charge in [-0.2, -0.15) is 22.6 Å². The number of halogens is 3. The van der Waals surface area contributed by atoms with Crippen LogP contribution in [-0.4, -0.2) is 82.2 Å². The van der Waals surface area contributed by atoms with E-state index in [1.165, 1.54) is 16.4 Å². The second-order valence-corrected chi connectivity index (χ2v) is 11.5. The van der Waals surface area contributed by atoms with Crippen molar-refractivity contribution in [2.24, 2.45) is 0 Å². The van der Waals surface area contributed by atoms with Crippen LogP contribution in [0.5, 0.6) is 0 Å². The standard InChI is InChI=1S/C23H30F3N5O5S/c1-37(35,36)30-9-6-20-18(14-30)21(28-31(20)13-17(32)12-29-7-2-3-8-29)15-4-5-19(23(24,25)26)16(10-15)11-27-22(33)34/h4-5,10,17,27,32H,2-3,6-9,11-14H2,1H3,(H,33,34). The Hall–Kier alpha value is -2.68. The van der Waals surface area contributed by atoms with Crippen LogP contribution in [-0.2, 0) is 42.3 Å². The molecule has 1 aromatic heterocycles. The van der Waals surface area contributed by atoms with Crippen molar-refractivity contribution >= 4 is 16.1 Å². The van der Waals surface area contributed by atoms with Crippen molar-refractivity contribution < 1.29 is 36.6 Å². The van der Waals surface area contributed by atoms with Crippen molar-refractivity contribution in [2.45, 2.75) is 51.2 Å². The first-order valence-corrected chi connectivity index (χ1v) is 13.8. The van der Waals surface area contributed by atoms with E-state index in [-0.39, 0.29) is 25.2 Å². The summed E-state index contributed by atoms with van der Waals surface area (Å²) in [5.74, 6) is 0. The van der Waals surface area contributed by atoms with Crippen LogP contribution in [0.1, 0.15) is 35.2 Å². The van der Waals surface area contributed by atoms with Crippen LogP contribution in [0.2, 0.25) is 0 Å². The molecule has 14 heteroatoms. The highest BCUT2D eigenvalue weighted by molar-refractivity contribution is 7.88. The van der Waals surface area contributed by atoms with Gasteiger partial charge >= 0.3 is 12.3 Å². The zero-order chi connectivity index (χ0) is 27.0. The Bertz CT molecular complexity index is 1260. The van der Waals surface area contributed by atoms with Crippen LogP contribution in [0, 0.1) is 0 Å². The first kappa shape index (κ1) is 27.4. The fraction of sp³-hybridized carbons (Fsp3) is 0.565. The van der Waals surface area contributed by atoms with Crippen molar-refractivity contribution in [2.75, 3.05) is 32.4 Å². The number of nitrogens with zero attached hydrogens (tertiary/aromatic N) is 4. The molecule has 0 saturated carbocycles. The molecular weight excluding hydrogens is 515 g/mol. The average Bonchev–Trinajstić information content (AvgIpc) is 3.44. The summed E-state index contributed by atoms with van der Waals surface area (Å²) in [5.41, 5.74) is 0.636. The van der Waals surface area contributed by atoms with Gasteiger partial charge in [0.15, 0.2) is 0 Å². The first-order chi connectivity index (χ1) is 17.3. The molecule has 0 bridgehead atoms. The number of fused-ring (bicyclic) bond motifs is 1. The Morgan fingerprint density at radius 1 is 1.19 bits per heavy atom. The highest BCUT2D eigenvalue weighted by Crippen LogP contribution is 2.36. The number of carbonyl (C=O) groups is 1. The summed E-state index contributed by atoms with van der Waals surface area (Å²) in [6.07, 6.45) is -3.32. The van der Waals surface area contributed by atoms with E-state index < -0.39 is 40.5 Å². The van der Waals surface area contributed by atoms with Crippen LogP contribution in [0.4, 0.5) is 18.0 Å². The lowest BCUT2D eigenvalue weighted by Crippen LogP contribution is -2.37. The number of rotatable bonds is 8. The fourth-order valence-corrected chi connectivity index (χ4v) is 5.77. The molecule has 0 aliphatic carbocycles. The van der Waals surface area contributed by atoms with Gasteiger partial charge in [-0.05, 0) is 43.6 Å². The maximum atomic E-state index is 13.6. The Morgan fingerprint density at radius 3 is 2.51 bits per heavy atom. The van der Waals surface area contributed by atoms with Gasteiger partial charge in [-0.25, -0.2) is 13.2 Å². The van der Waals surface area contributed by atoms with Crippen LogP contribution in [0.15, 0.2) is 18.2 Å². The lowest BCUT2D eigenvalue weighted by Gasteiger charge is -2.26. The van der Waals surface area contributed by atoms with E-state index in [0.717, 1.165) is 43.9 Å². The Balaban J connectivity index is 1.73. The maximum absolute atomic E-state index is 13.6. The van der Waals surface area contributed by atoms with Gasteiger partial charge in [-0.15, -0.1) is 0 Å². The molecule has 0 spiro atoms. The predicted octanol–water partition coefficient (Wildman–Crippen LogP) is 2.11. The number of amides is 1. The minimum Gasteiger partial charge on any atom is -0.465 e. The molecule has 2 aliphatic rings. The van der Waals surface area contributed by atoms with Gasteiger partial charge in [-0.1, -0.05) is 6.07 Å². The summed E-state index contributed by atoms with van der Waals surface area (Å²) >= 11 is 0. The second-order valence-electron chi connectivity index (χ2n) is 9.49. The molecule has 1 unspecified atom stereocenters. The number of carboxylic acid groups (broad SMARTS) is 1. The Labute approximate surface area is 212 Å². The normalized spacial score (nSPS) is 18.1. The van der Waals surface area contributed by atoms with Gasteiger partial charge in [0.2, 0.25) is 10.0 Å². The third kappa shape index (κ3) is 6.43. The number of β-amino-alcohol motifs (C(OH)–C–C–N with tert-alkyl or cyclic N) is 1. The summed E-state index contributed by atoms with van der Waals surface area (Å²) in [6, 6.07) is 3.35. The molecule has 4 rings (SSSR count). The first-order valence-electron chi connectivity index (χ1n) is 11.9. The zero-order valence-corrected chi connectivity index (χ0v) is 21.1. The molecule has 3 heterocycles. The molecule has 204 valence electrons. The van der Waals surface area contributed by atoms with Crippen molar-refractivity contribution in [3.63, 3.8) is 0 Å². The quantitative estimate of drug-likeness (QED) is 0.464. The molecule has 1 atom stereocenters. The van der Waals surface area contributed by atoms with E-state index in [0.29, 0.717) is 29.8 Å². The number of hydrogen-bond acceptors (Lipinski definition) is 6. The zero-order valence-electron chi connectivity index (χ0n) is 20.3. The summed E-state index contributed by atoms with van der Waals surface area (Å²) in [5, 5.41) is 26.2. The number of benzene rings is 1. The fourth-order valence-electron chi connectivity index (χ4n) is 4.99. The Kier molecular flexibility index (Phi) is 7.83. The molecule has 10 nitrogen and oxygen atoms in total. The van der Waals surface area contributed by atoms with E-state index in [1.807, 2.05) is 5.32 Å². The van der Waals surface area contributed by atoms with Crippen LogP contribution >= 0.6 is 0 Å². The minimum atomic E-state index is -4.69. The molecule has 37 heavy (non-hydrogen) atoms. The second kappa shape index (κ2) is 10.6. The van der Waals surface area contributed by atoms with E-state index in [1.54, 1.807) is 4.68 Å². The third-order valence-electron chi connectivity index (χ3n) is 6.73. The van der Waals surface area contributed by atoms with Gasteiger partial charge in [0, 0.05) is 49.4 Å². The van der Waals surface area contributed by atoms with E-state index >= 15 is 0 Å². The molecule has 1 fully saturated rings. The van der Waals surface area contributed by atoms with Gasteiger partial charge in [0.25, 0.3) is 0 Å². The highest BCUT2D eigenvalue weighted by Gasteiger charge is 2.35. The average molecular weight is 546 g/mol. The van der Waals surface area contributed by atoms with Crippen molar-refractivity contribution in [3.05, 3.63) is 40.6 Å². The predicted molar refractivity (Wildman–Crippen MR) is 128 cm³/mol. The number of alkyl halides is 3. The van der Waals surface area contributed by atoms with Crippen molar-refractivity contribution in [1.29, 1.82) is 0 Å². The molecule has 2 aliphatic heterocycles. The SMILES string of the molecule is CS(=O)(=O)N1CCc2c(c(-c3ccc(C(F)(F)F)c(CNC(=O)O)c3)nn2CC(O)CN2CCCC2)C1. The van der Waals surface area contributed by atoms with Crippen molar-refractivity contribution in [3.8, 4) is 11.3 Å². The number of aliphatic hydroxyl groups is 1. The lowest BCUT2D eigenvalue weighted by molar-refractivity contribution is -0.138. The third-order valence-corrected chi connectivity index (χ3v) is 7.98. The number of nitrogens with one attached hydrogen (secondary N) is 1. The summed E-state index contributed by atoms with van der Waals surface area (Å²) in [7, 11) is -3.53. The Morgan fingerprint density at radius 2 is 1.89 bits per heavy atom. The number of likely N-dealkylation sites (tertiary alicyclic amines) is 1. The number of aliphatic hydroxyl groups excluding tert-OH is 1. The van der Waals surface area contributed by atoms with Crippen LogP contribution in [0.3, 0.4) is 0 Å². The molecule has 1 saturated heterocycles. The number of sulfonamides is 1. The highest BCUT2D eigenvalue weighted by atomic mass is 32.2. The van der Waals surface area contributed by atoms with E-state index in [2.05, 4.69) is 10.00 Å². The van der Waals surface area contributed by atoms with Crippen molar-refractivity contribution in [1.82, 2.24) is 24.3 Å². The molecule has 2 aromatic rings. The summed E-state index contributed by atoms with van der Waals surface area (Å²) in [4.78, 5) is 13.1. The molecule has 1 aromatic carbocycles. The topological polar surface area (TPSA) is 128 Å². The number of aromatic nitrogens is 2. The monoisotopic (exact) mass is 545 g/mol. The molecular formula is C23H30F3N5O5S. The summed E-state index contributed by atoms with van der Waals surface area (Å²) in [6.45, 7) is 2.08. The van der Waals surface area contributed by atoms with E-state index in [4.69, 9.17) is 5.11 Å². The molecule has 0 radical (unpaired) electrons. The van der Waals surface area contributed by atoms with Gasteiger partial charge in [-0.3, -0.25) is 4.68 Å². The summed E-state index contributed by atoms with van der Waals surface area (Å²) < 4.78 is 68.1.